The fourth-order valence-electron chi connectivity index (χ4n) is 3.57. The van der Waals surface area contributed by atoms with E-state index in [4.69, 9.17) is 9.47 Å². The Balaban J connectivity index is 1.54. The van der Waals surface area contributed by atoms with E-state index in [1.807, 2.05) is 6.92 Å². The van der Waals surface area contributed by atoms with Gasteiger partial charge in [0.2, 0.25) is 0 Å². The predicted octanol–water partition coefficient (Wildman–Crippen LogP) is 2.57. The lowest BCUT2D eigenvalue weighted by Crippen LogP contribution is -2.51. The monoisotopic (exact) mass is 495 g/mol. The third-order valence-corrected chi connectivity index (χ3v) is 7.25. The number of sulfone groups is 1. The first-order valence-electron chi connectivity index (χ1n) is 10.5. The quantitative estimate of drug-likeness (QED) is 0.530. The number of pyridine rings is 1. The van der Waals surface area contributed by atoms with Crippen molar-refractivity contribution in [3.8, 4) is 17.5 Å². The molecule has 10 nitrogen and oxygen atoms in total. The van der Waals surface area contributed by atoms with Crippen LogP contribution in [0.2, 0.25) is 0 Å². The second kappa shape index (κ2) is 9.12. The summed E-state index contributed by atoms with van der Waals surface area (Å²) in [7, 11) is -3.06. The summed E-state index contributed by atoms with van der Waals surface area (Å²) in [6.45, 7) is 2.70. The van der Waals surface area contributed by atoms with Crippen molar-refractivity contribution in [2.75, 3.05) is 18.1 Å². The molecule has 0 saturated carbocycles. The number of fused-ring (bicyclic) bond motifs is 1. The van der Waals surface area contributed by atoms with Gasteiger partial charge in [-0.2, -0.15) is 0 Å². The molecule has 0 aromatic carbocycles. The molecule has 1 amide bonds. The Labute approximate surface area is 194 Å². The molecule has 4 heterocycles. The summed E-state index contributed by atoms with van der Waals surface area (Å²) in [5.74, 6) is -0.271. The number of hydrogen-bond acceptors (Lipinski definition) is 8. The van der Waals surface area contributed by atoms with Crippen LogP contribution >= 0.6 is 0 Å². The van der Waals surface area contributed by atoms with Crippen LogP contribution in [-0.2, 0) is 9.84 Å². The van der Waals surface area contributed by atoms with Gasteiger partial charge in [-0.05, 0) is 38.8 Å². The first-order valence-corrected chi connectivity index (χ1v) is 12.3. The molecule has 182 valence electrons. The molecule has 1 fully saturated rings. The number of nitrogens with one attached hydrogen (secondary N) is 1. The second-order valence-corrected chi connectivity index (χ2v) is 10.6. The average Bonchev–Trinajstić information content (AvgIpc) is 3.23. The number of carbonyl (C=O) groups excluding carboxylic acids is 1. The van der Waals surface area contributed by atoms with Gasteiger partial charge in [0, 0.05) is 24.1 Å². The third kappa shape index (κ3) is 5.24. The maximum Gasteiger partial charge on any atom is 0.283 e. The molecule has 0 radical (unpaired) electrons. The van der Waals surface area contributed by atoms with E-state index in [0.29, 0.717) is 29.9 Å². The van der Waals surface area contributed by atoms with Gasteiger partial charge in [-0.1, -0.05) is 0 Å². The van der Waals surface area contributed by atoms with Gasteiger partial charge in [0.1, 0.15) is 26.9 Å². The molecule has 0 atom stereocenters. The number of imidazole rings is 1. The van der Waals surface area contributed by atoms with Gasteiger partial charge in [-0.3, -0.25) is 9.20 Å². The Kier molecular flexibility index (Phi) is 6.39. The van der Waals surface area contributed by atoms with Crippen molar-refractivity contribution in [3.63, 3.8) is 0 Å². The zero-order valence-electron chi connectivity index (χ0n) is 18.5. The van der Waals surface area contributed by atoms with Gasteiger partial charge >= 0.3 is 0 Å². The first kappa shape index (κ1) is 23.8. The summed E-state index contributed by atoms with van der Waals surface area (Å²) in [5, 5.41) is 2.91. The summed E-state index contributed by atoms with van der Waals surface area (Å²) >= 11 is 0. The Bertz CT molecular complexity index is 1310. The highest BCUT2D eigenvalue weighted by atomic mass is 32.2. The van der Waals surface area contributed by atoms with Gasteiger partial charge in [-0.25, -0.2) is 32.2 Å². The molecule has 0 aliphatic carbocycles. The summed E-state index contributed by atoms with van der Waals surface area (Å²) in [6.07, 6.45) is 2.17. The molecule has 1 aliphatic rings. The Hall–Kier alpha value is -3.35. The SMILES string of the molecule is Cc1c(Oc2nccnc2OCC(F)F)ccc2nc(C(=O)NC3(C)CCS(=O)(=O)CC3)cn12. The Morgan fingerprint density at radius 2 is 1.88 bits per heavy atom. The molecule has 3 aromatic rings. The summed E-state index contributed by atoms with van der Waals surface area (Å²) in [6, 6.07) is 3.24. The van der Waals surface area contributed by atoms with E-state index in [-0.39, 0.29) is 29.0 Å². The minimum absolute atomic E-state index is 0.0279. The largest absolute Gasteiger partial charge is 0.468 e. The van der Waals surface area contributed by atoms with Gasteiger partial charge < -0.3 is 14.8 Å². The third-order valence-electron chi connectivity index (χ3n) is 5.60. The number of alkyl halides is 2. The van der Waals surface area contributed by atoms with Crippen LogP contribution in [0.15, 0.2) is 30.7 Å². The van der Waals surface area contributed by atoms with Gasteiger partial charge in [0.15, 0.2) is 6.61 Å². The fraction of sp³-hybridized carbons (Fsp3) is 0.429. The molecular weight excluding hydrogens is 472 g/mol. The van der Waals surface area contributed by atoms with Crippen LogP contribution in [0, 0.1) is 6.92 Å². The molecule has 13 heteroatoms. The van der Waals surface area contributed by atoms with Gasteiger partial charge in [-0.15, -0.1) is 0 Å². The minimum Gasteiger partial charge on any atom is -0.468 e. The summed E-state index contributed by atoms with van der Waals surface area (Å²) in [5.41, 5.74) is 0.585. The van der Waals surface area contributed by atoms with Crippen LogP contribution in [0.4, 0.5) is 8.78 Å². The highest BCUT2D eigenvalue weighted by Gasteiger charge is 2.35. The standard InChI is InChI=1S/C21H23F2N5O5S/c1-13-15(33-20-19(24-7-8-25-20)32-12-16(22)23)3-4-17-26-14(11-28(13)17)18(29)27-21(2)5-9-34(30,31)10-6-21/h3-4,7-8,11,16H,5-6,9-10,12H2,1-2H3,(H,27,29). The van der Waals surface area contributed by atoms with Crippen molar-refractivity contribution in [1.29, 1.82) is 0 Å². The Morgan fingerprint density at radius 1 is 1.21 bits per heavy atom. The number of amides is 1. The number of halogens is 2. The lowest BCUT2D eigenvalue weighted by atomic mass is 9.95. The molecule has 0 unspecified atom stereocenters. The van der Waals surface area contributed by atoms with Crippen molar-refractivity contribution in [3.05, 3.63) is 42.1 Å². The van der Waals surface area contributed by atoms with Crippen LogP contribution in [0.25, 0.3) is 5.65 Å². The van der Waals surface area contributed by atoms with Crippen LogP contribution in [0.1, 0.15) is 35.9 Å². The normalized spacial score (nSPS) is 17.0. The van der Waals surface area contributed by atoms with E-state index in [1.54, 1.807) is 29.7 Å². The highest BCUT2D eigenvalue weighted by molar-refractivity contribution is 7.91. The van der Waals surface area contributed by atoms with E-state index in [9.17, 15) is 22.0 Å². The molecule has 0 bridgehead atoms. The Morgan fingerprint density at radius 3 is 2.56 bits per heavy atom. The van der Waals surface area contributed by atoms with Crippen LogP contribution < -0.4 is 14.8 Å². The van der Waals surface area contributed by atoms with Crippen molar-refractivity contribution < 1.29 is 31.5 Å². The van der Waals surface area contributed by atoms with Crippen LogP contribution in [0.5, 0.6) is 17.5 Å². The molecule has 0 spiro atoms. The van der Waals surface area contributed by atoms with Crippen molar-refractivity contribution in [1.82, 2.24) is 24.7 Å². The summed E-state index contributed by atoms with van der Waals surface area (Å²) in [4.78, 5) is 25.1. The molecular formula is C21H23F2N5O5S. The zero-order chi connectivity index (χ0) is 24.5. The molecule has 1 aliphatic heterocycles. The van der Waals surface area contributed by atoms with E-state index in [0.717, 1.165) is 0 Å². The lowest BCUT2D eigenvalue weighted by Gasteiger charge is -2.34. The number of ether oxygens (including phenoxy) is 2. The van der Waals surface area contributed by atoms with Crippen LogP contribution in [0.3, 0.4) is 0 Å². The van der Waals surface area contributed by atoms with Crippen molar-refractivity contribution in [2.45, 2.75) is 38.7 Å². The first-order chi connectivity index (χ1) is 16.1. The predicted molar refractivity (Wildman–Crippen MR) is 117 cm³/mol. The molecule has 3 aromatic heterocycles. The highest BCUT2D eigenvalue weighted by Crippen LogP contribution is 2.30. The average molecular weight is 496 g/mol. The van der Waals surface area contributed by atoms with Crippen molar-refractivity contribution >= 4 is 21.4 Å². The number of nitrogens with zero attached hydrogens (tertiary/aromatic N) is 4. The van der Waals surface area contributed by atoms with E-state index < -0.39 is 34.3 Å². The van der Waals surface area contributed by atoms with E-state index in [2.05, 4.69) is 20.3 Å². The molecule has 34 heavy (non-hydrogen) atoms. The van der Waals surface area contributed by atoms with Gasteiger partial charge in [0.05, 0.1) is 17.2 Å². The number of rotatable bonds is 7. The maximum absolute atomic E-state index is 12.8. The van der Waals surface area contributed by atoms with E-state index >= 15 is 0 Å². The number of carbonyl (C=O) groups is 1. The van der Waals surface area contributed by atoms with Gasteiger partial charge in [0.25, 0.3) is 24.1 Å². The molecule has 1 saturated heterocycles. The van der Waals surface area contributed by atoms with Crippen LogP contribution in [-0.4, -0.2) is 63.8 Å². The van der Waals surface area contributed by atoms with E-state index in [1.165, 1.54) is 12.4 Å². The number of aromatic nitrogens is 4. The number of aryl methyl sites for hydroxylation is 1. The van der Waals surface area contributed by atoms with Crippen molar-refractivity contribution in [2.24, 2.45) is 0 Å². The lowest BCUT2D eigenvalue weighted by molar-refractivity contribution is 0.0779. The smallest absolute Gasteiger partial charge is 0.283 e. The zero-order valence-corrected chi connectivity index (χ0v) is 19.3. The second-order valence-electron chi connectivity index (χ2n) is 8.27. The molecule has 4 rings (SSSR count). The topological polar surface area (TPSA) is 125 Å². The molecule has 1 N–H and O–H groups in total. The number of hydrogen-bond donors (Lipinski definition) is 1. The maximum atomic E-state index is 12.8. The minimum atomic E-state index is -3.06. The fourth-order valence-corrected chi connectivity index (χ4v) is 5.29. The summed E-state index contributed by atoms with van der Waals surface area (Å²) < 4.78 is 60.8.